The number of likely N-dealkylation sites (N-methyl/N-ethyl adjacent to an activating group) is 1. The number of fused-ring (bicyclic) bond motifs is 1. The second kappa shape index (κ2) is 5.37. The first-order chi connectivity index (χ1) is 10.1. The van der Waals surface area contributed by atoms with Crippen LogP contribution in [0.2, 0.25) is 0 Å². The van der Waals surface area contributed by atoms with Crippen LogP contribution < -0.4 is 5.32 Å². The van der Waals surface area contributed by atoms with E-state index in [9.17, 15) is 4.79 Å². The lowest BCUT2D eigenvalue weighted by molar-refractivity contribution is -0.124. The third kappa shape index (κ3) is 2.36. The van der Waals surface area contributed by atoms with Crippen molar-refractivity contribution in [3.8, 4) is 0 Å². The van der Waals surface area contributed by atoms with Crippen molar-refractivity contribution < 1.29 is 4.79 Å². The van der Waals surface area contributed by atoms with Gasteiger partial charge in [0.15, 0.2) is 0 Å². The number of anilines is 1. The summed E-state index contributed by atoms with van der Waals surface area (Å²) in [5.41, 5.74) is 4.00. The van der Waals surface area contributed by atoms with E-state index < -0.39 is 0 Å². The Hall–Kier alpha value is -2.07. The molecule has 1 aromatic carbocycles. The number of carbonyl (C=O) groups excluding carboxylic acids is 1. The van der Waals surface area contributed by atoms with Gasteiger partial charge in [-0.3, -0.25) is 4.79 Å². The standard InChI is InChI=1S/C16H16ClN3O/c1-3-6-13-15(16(21)20(2)19-13)14-9-11(17)10-7-4-5-8-12(10)18-14/h4-5,7-9,18H,3,6H2,1-2H3/b15-14-. The zero-order valence-corrected chi connectivity index (χ0v) is 12.7. The van der Waals surface area contributed by atoms with Gasteiger partial charge in [0.1, 0.15) is 0 Å². The Bertz CT molecular complexity index is 703. The number of hydrogen-bond acceptors (Lipinski definition) is 3. The van der Waals surface area contributed by atoms with Crippen LogP contribution in [0.25, 0.3) is 5.03 Å². The quantitative estimate of drug-likeness (QED) is 0.849. The molecule has 1 N–H and O–H groups in total. The van der Waals surface area contributed by atoms with Crippen molar-refractivity contribution in [1.29, 1.82) is 0 Å². The number of para-hydroxylation sites is 1. The highest BCUT2D eigenvalue weighted by atomic mass is 35.5. The van der Waals surface area contributed by atoms with E-state index in [1.807, 2.05) is 30.3 Å². The van der Waals surface area contributed by atoms with Crippen LogP contribution in [0.3, 0.4) is 0 Å². The summed E-state index contributed by atoms with van der Waals surface area (Å²) in [7, 11) is 1.67. The van der Waals surface area contributed by atoms with Gasteiger partial charge < -0.3 is 5.32 Å². The first-order valence-corrected chi connectivity index (χ1v) is 7.33. The van der Waals surface area contributed by atoms with E-state index >= 15 is 0 Å². The molecule has 3 rings (SSSR count). The average molecular weight is 302 g/mol. The van der Waals surface area contributed by atoms with Crippen molar-refractivity contribution >= 4 is 33.9 Å². The van der Waals surface area contributed by atoms with E-state index in [2.05, 4.69) is 17.3 Å². The molecule has 0 aliphatic carbocycles. The number of carbonyl (C=O) groups is 1. The predicted molar refractivity (Wildman–Crippen MR) is 86.0 cm³/mol. The highest BCUT2D eigenvalue weighted by Gasteiger charge is 2.31. The third-order valence-corrected chi connectivity index (χ3v) is 3.86. The summed E-state index contributed by atoms with van der Waals surface area (Å²) >= 11 is 6.35. The maximum Gasteiger partial charge on any atom is 0.277 e. The Morgan fingerprint density at radius 3 is 2.86 bits per heavy atom. The molecule has 0 saturated heterocycles. The van der Waals surface area contributed by atoms with Crippen molar-refractivity contribution in [2.45, 2.75) is 19.8 Å². The number of halogens is 1. The Morgan fingerprint density at radius 2 is 2.10 bits per heavy atom. The summed E-state index contributed by atoms with van der Waals surface area (Å²) in [6, 6.07) is 7.78. The van der Waals surface area contributed by atoms with Gasteiger partial charge in [0.25, 0.3) is 5.91 Å². The fourth-order valence-corrected chi connectivity index (χ4v) is 2.84. The van der Waals surface area contributed by atoms with Crippen LogP contribution in [0.4, 0.5) is 5.69 Å². The molecule has 0 unspecified atom stereocenters. The average Bonchev–Trinajstić information content (AvgIpc) is 2.74. The molecule has 5 heteroatoms. The number of allylic oxidation sites excluding steroid dienone is 1. The zero-order valence-electron chi connectivity index (χ0n) is 12.0. The summed E-state index contributed by atoms with van der Waals surface area (Å²) < 4.78 is 0. The summed E-state index contributed by atoms with van der Waals surface area (Å²) in [6.07, 6.45) is 3.51. The van der Waals surface area contributed by atoms with Gasteiger partial charge in [-0.05, 0) is 18.6 Å². The van der Waals surface area contributed by atoms with Crippen molar-refractivity contribution in [3.63, 3.8) is 0 Å². The Kier molecular flexibility index (Phi) is 3.55. The fourth-order valence-electron chi connectivity index (χ4n) is 2.56. The number of nitrogens with one attached hydrogen (secondary N) is 1. The maximum absolute atomic E-state index is 12.3. The van der Waals surface area contributed by atoms with Gasteiger partial charge >= 0.3 is 0 Å². The highest BCUT2D eigenvalue weighted by molar-refractivity contribution is 6.50. The molecule has 1 amide bonds. The van der Waals surface area contributed by atoms with Gasteiger partial charge in [0, 0.05) is 18.3 Å². The molecule has 0 aromatic heterocycles. The lowest BCUT2D eigenvalue weighted by atomic mass is 10.00. The summed E-state index contributed by atoms with van der Waals surface area (Å²) in [5, 5.41) is 9.64. The van der Waals surface area contributed by atoms with Crippen molar-refractivity contribution in [1.82, 2.24) is 5.01 Å². The number of benzene rings is 1. The van der Waals surface area contributed by atoms with Gasteiger partial charge in [0.05, 0.1) is 22.0 Å². The molecule has 1 aromatic rings. The number of hydrazone groups is 1. The lowest BCUT2D eigenvalue weighted by Gasteiger charge is -2.20. The van der Waals surface area contributed by atoms with Gasteiger partial charge in [0.2, 0.25) is 0 Å². The molecule has 21 heavy (non-hydrogen) atoms. The Morgan fingerprint density at radius 1 is 1.33 bits per heavy atom. The van der Waals surface area contributed by atoms with E-state index in [1.165, 1.54) is 5.01 Å². The smallest absolute Gasteiger partial charge is 0.277 e. The van der Waals surface area contributed by atoms with Gasteiger partial charge in [-0.2, -0.15) is 5.10 Å². The van der Waals surface area contributed by atoms with Crippen molar-refractivity contribution in [3.05, 3.63) is 47.2 Å². The molecule has 2 aliphatic heterocycles. The second-order valence-corrected chi connectivity index (χ2v) is 5.48. The summed E-state index contributed by atoms with van der Waals surface area (Å²) in [4.78, 5) is 12.3. The van der Waals surface area contributed by atoms with Gasteiger partial charge in [-0.15, -0.1) is 0 Å². The minimum atomic E-state index is -0.0963. The van der Waals surface area contributed by atoms with Crippen LogP contribution in [0.15, 0.2) is 46.7 Å². The molecule has 0 spiro atoms. The first-order valence-electron chi connectivity index (χ1n) is 6.95. The fraction of sp³-hybridized carbons (Fsp3) is 0.250. The summed E-state index contributed by atoms with van der Waals surface area (Å²) in [5.74, 6) is -0.0963. The molecule has 2 heterocycles. The molecule has 108 valence electrons. The van der Waals surface area contributed by atoms with Crippen molar-refractivity contribution in [2.75, 3.05) is 12.4 Å². The predicted octanol–water partition coefficient (Wildman–Crippen LogP) is 3.57. The largest absolute Gasteiger partial charge is 0.354 e. The third-order valence-electron chi connectivity index (χ3n) is 3.55. The first kappa shape index (κ1) is 13.9. The lowest BCUT2D eigenvalue weighted by Crippen LogP contribution is -2.21. The van der Waals surface area contributed by atoms with Crippen LogP contribution in [0, 0.1) is 0 Å². The maximum atomic E-state index is 12.3. The van der Waals surface area contributed by atoms with E-state index in [-0.39, 0.29) is 5.91 Å². The van der Waals surface area contributed by atoms with Crippen molar-refractivity contribution in [2.24, 2.45) is 5.10 Å². The van der Waals surface area contributed by atoms with E-state index in [1.54, 1.807) is 7.05 Å². The van der Waals surface area contributed by atoms with Crippen LogP contribution in [0.5, 0.6) is 0 Å². The van der Waals surface area contributed by atoms with Crippen LogP contribution in [0.1, 0.15) is 25.3 Å². The molecule has 0 bridgehead atoms. The van der Waals surface area contributed by atoms with E-state index in [4.69, 9.17) is 11.6 Å². The molecule has 0 radical (unpaired) electrons. The molecule has 0 fully saturated rings. The minimum Gasteiger partial charge on any atom is -0.354 e. The summed E-state index contributed by atoms with van der Waals surface area (Å²) in [6.45, 7) is 2.07. The van der Waals surface area contributed by atoms with Gasteiger partial charge in [-0.25, -0.2) is 5.01 Å². The van der Waals surface area contributed by atoms with Crippen LogP contribution in [-0.4, -0.2) is 23.7 Å². The molecule has 2 aliphatic rings. The SMILES string of the molecule is CCCC1=NN(C)C(=O)/C1=C1/C=C(Cl)c2ccccc2N1. The van der Waals surface area contributed by atoms with Gasteiger partial charge in [-0.1, -0.05) is 43.1 Å². The zero-order chi connectivity index (χ0) is 15.0. The molecule has 0 saturated carbocycles. The highest BCUT2D eigenvalue weighted by Crippen LogP contribution is 2.35. The number of hydrogen-bond donors (Lipinski definition) is 1. The molecule has 4 nitrogen and oxygen atoms in total. The number of nitrogens with zero attached hydrogens (tertiary/aromatic N) is 2. The molecule has 0 atom stereocenters. The molecular formula is C16H16ClN3O. The number of amides is 1. The molecular weight excluding hydrogens is 286 g/mol. The minimum absolute atomic E-state index is 0.0963. The van der Waals surface area contributed by atoms with E-state index in [0.29, 0.717) is 10.6 Å². The van der Waals surface area contributed by atoms with E-state index in [0.717, 1.165) is 35.5 Å². The number of rotatable bonds is 2. The van der Waals surface area contributed by atoms with Crippen LogP contribution in [-0.2, 0) is 4.79 Å². The monoisotopic (exact) mass is 301 g/mol. The topological polar surface area (TPSA) is 44.7 Å². The van der Waals surface area contributed by atoms with Crippen LogP contribution >= 0.6 is 11.6 Å². The Balaban J connectivity index is 2.10. The Labute approximate surface area is 128 Å². The normalized spacial score (nSPS) is 20.9. The second-order valence-electron chi connectivity index (χ2n) is 5.08.